The third-order valence-corrected chi connectivity index (χ3v) is 3.26. The zero-order valence-corrected chi connectivity index (χ0v) is 11.8. The van der Waals surface area contributed by atoms with E-state index in [0.29, 0.717) is 17.1 Å². The maximum Gasteiger partial charge on any atom is 0.182 e. The van der Waals surface area contributed by atoms with Crippen LogP contribution in [0.5, 0.6) is 0 Å². The maximum atomic E-state index is 9.07. The minimum absolute atomic E-state index is 0.504. The number of nitrogens with zero attached hydrogens (tertiary/aromatic N) is 5. The first-order valence-electron chi connectivity index (χ1n) is 6.56. The van der Waals surface area contributed by atoms with E-state index in [1.165, 1.54) is 0 Å². The molecule has 0 unspecified atom stereocenters. The lowest BCUT2D eigenvalue weighted by Gasteiger charge is -1.98. The van der Waals surface area contributed by atoms with Gasteiger partial charge in [0.25, 0.3) is 0 Å². The predicted octanol–water partition coefficient (Wildman–Crippen LogP) is 4.24. The number of hydrogen-bond donors (Lipinski definition) is 0. The monoisotopic (exact) mass is 275 g/mol. The standard InChI is InChI=1S/C16H13N5/c1-11-6-5-9-21-15(11)18-12(2)16(21)20-19-14-8-4-3-7-13(14)10-17/h3-9H,1-2H3. The summed E-state index contributed by atoms with van der Waals surface area (Å²) in [5.74, 6) is 0.682. The molecular formula is C16H13N5. The van der Waals surface area contributed by atoms with Gasteiger partial charge in [-0.3, -0.25) is 4.40 Å². The molecule has 0 saturated carbocycles. The topological polar surface area (TPSA) is 65.8 Å². The molecule has 3 aromatic rings. The molecule has 3 rings (SSSR count). The number of fused-ring (bicyclic) bond motifs is 1. The van der Waals surface area contributed by atoms with E-state index < -0.39 is 0 Å². The Morgan fingerprint density at radius 2 is 1.90 bits per heavy atom. The fraction of sp³-hybridized carbons (Fsp3) is 0.125. The van der Waals surface area contributed by atoms with E-state index in [4.69, 9.17) is 5.26 Å². The number of aromatic nitrogens is 2. The van der Waals surface area contributed by atoms with E-state index in [9.17, 15) is 0 Å². The summed E-state index contributed by atoms with van der Waals surface area (Å²) in [5.41, 5.74) is 3.82. The Labute approximate surface area is 122 Å². The number of hydrogen-bond acceptors (Lipinski definition) is 4. The molecule has 0 fully saturated rings. The van der Waals surface area contributed by atoms with Crippen molar-refractivity contribution in [2.45, 2.75) is 13.8 Å². The van der Waals surface area contributed by atoms with E-state index in [0.717, 1.165) is 16.9 Å². The fourth-order valence-corrected chi connectivity index (χ4v) is 2.18. The van der Waals surface area contributed by atoms with Gasteiger partial charge in [0.2, 0.25) is 0 Å². The van der Waals surface area contributed by atoms with Crippen LogP contribution in [-0.2, 0) is 0 Å². The Hall–Kier alpha value is -3.00. The first kappa shape index (κ1) is 13.0. The van der Waals surface area contributed by atoms with Crippen LogP contribution in [0.2, 0.25) is 0 Å². The van der Waals surface area contributed by atoms with E-state index in [1.54, 1.807) is 18.2 Å². The van der Waals surface area contributed by atoms with E-state index in [-0.39, 0.29) is 0 Å². The number of nitriles is 1. The number of aryl methyl sites for hydroxylation is 2. The van der Waals surface area contributed by atoms with Gasteiger partial charge in [0.05, 0.1) is 11.3 Å². The molecule has 0 amide bonds. The summed E-state index contributed by atoms with van der Waals surface area (Å²) in [6, 6.07) is 13.2. The quantitative estimate of drug-likeness (QED) is 0.656. The van der Waals surface area contributed by atoms with Crippen molar-refractivity contribution in [3.63, 3.8) is 0 Å². The number of rotatable bonds is 2. The van der Waals surface area contributed by atoms with Crippen LogP contribution in [0.3, 0.4) is 0 Å². The van der Waals surface area contributed by atoms with Crippen molar-refractivity contribution in [3.8, 4) is 6.07 Å². The van der Waals surface area contributed by atoms with Gasteiger partial charge >= 0.3 is 0 Å². The van der Waals surface area contributed by atoms with Gasteiger partial charge < -0.3 is 0 Å². The van der Waals surface area contributed by atoms with Crippen molar-refractivity contribution in [1.29, 1.82) is 5.26 Å². The molecule has 2 aromatic heterocycles. The van der Waals surface area contributed by atoms with Crippen LogP contribution in [0.15, 0.2) is 52.8 Å². The van der Waals surface area contributed by atoms with Gasteiger partial charge in [0, 0.05) is 6.20 Å². The van der Waals surface area contributed by atoms with Crippen molar-refractivity contribution < 1.29 is 0 Å². The minimum Gasteiger partial charge on any atom is -0.283 e. The molecule has 0 bridgehead atoms. The zero-order valence-electron chi connectivity index (χ0n) is 11.8. The Bertz CT molecular complexity index is 883. The van der Waals surface area contributed by atoms with Gasteiger partial charge in [-0.25, -0.2) is 4.98 Å². The van der Waals surface area contributed by atoms with Crippen LogP contribution in [0.25, 0.3) is 5.65 Å². The van der Waals surface area contributed by atoms with Crippen LogP contribution < -0.4 is 0 Å². The van der Waals surface area contributed by atoms with Gasteiger partial charge in [-0.05, 0) is 37.6 Å². The average Bonchev–Trinajstić information content (AvgIpc) is 2.83. The Balaban J connectivity index is 2.10. The highest BCUT2D eigenvalue weighted by Gasteiger charge is 2.09. The highest BCUT2D eigenvalue weighted by Crippen LogP contribution is 2.26. The lowest BCUT2D eigenvalue weighted by atomic mass is 10.2. The number of benzene rings is 1. The second-order valence-electron chi connectivity index (χ2n) is 4.73. The van der Waals surface area contributed by atoms with Gasteiger partial charge in [-0.2, -0.15) is 5.26 Å². The summed E-state index contributed by atoms with van der Waals surface area (Å²) in [4.78, 5) is 4.51. The number of azo groups is 1. The minimum atomic E-state index is 0.504. The lowest BCUT2D eigenvalue weighted by Crippen LogP contribution is -1.85. The van der Waals surface area contributed by atoms with Crippen molar-refractivity contribution in [1.82, 2.24) is 9.38 Å². The van der Waals surface area contributed by atoms with E-state index in [1.807, 2.05) is 42.6 Å². The summed E-state index contributed by atoms with van der Waals surface area (Å²) in [6.07, 6.45) is 1.91. The number of imidazole rings is 1. The first-order valence-corrected chi connectivity index (χ1v) is 6.56. The zero-order chi connectivity index (χ0) is 14.8. The second-order valence-corrected chi connectivity index (χ2v) is 4.73. The van der Waals surface area contributed by atoms with Gasteiger partial charge in [0.15, 0.2) is 5.82 Å². The third-order valence-electron chi connectivity index (χ3n) is 3.26. The van der Waals surface area contributed by atoms with Crippen LogP contribution in [0, 0.1) is 25.2 Å². The van der Waals surface area contributed by atoms with E-state index in [2.05, 4.69) is 21.3 Å². The molecule has 5 heteroatoms. The maximum absolute atomic E-state index is 9.07. The summed E-state index contributed by atoms with van der Waals surface area (Å²) < 4.78 is 1.91. The first-order chi connectivity index (χ1) is 10.2. The molecule has 0 atom stereocenters. The van der Waals surface area contributed by atoms with Crippen LogP contribution >= 0.6 is 0 Å². The average molecular weight is 275 g/mol. The van der Waals surface area contributed by atoms with E-state index >= 15 is 0 Å². The molecule has 0 aliphatic heterocycles. The number of pyridine rings is 1. The molecule has 0 radical (unpaired) electrons. The normalized spacial score (nSPS) is 11.1. The molecule has 2 heterocycles. The molecule has 0 aliphatic rings. The smallest absolute Gasteiger partial charge is 0.182 e. The highest BCUT2D eigenvalue weighted by atomic mass is 15.2. The van der Waals surface area contributed by atoms with Crippen LogP contribution in [0.1, 0.15) is 16.8 Å². The fourth-order valence-electron chi connectivity index (χ4n) is 2.18. The summed E-state index contributed by atoms with van der Waals surface area (Å²) in [5, 5.41) is 17.6. The Morgan fingerprint density at radius 1 is 1.10 bits per heavy atom. The lowest BCUT2D eigenvalue weighted by molar-refractivity contribution is 1.09. The SMILES string of the molecule is Cc1nc2c(C)cccn2c1N=Nc1ccccc1C#N. The molecule has 0 spiro atoms. The second kappa shape index (κ2) is 5.17. The van der Waals surface area contributed by atoms with Crippen LogP contribution in [-0.4, -0.2) is 9.38 Å². The van der Waals surface area contributed by atoms with Crippen molar-refractivity contribution in [2.75, 3.05) is 0 Å². The molecular weight excluding hydrogens is 262 g/mol. The summed E-state index contributed by atoms with van der Waals surface area (Å²) >= 11 is 0. The third kappa shape index (κ3) is 2.28. The van der Waals surface area contributed by atoms with Crippen molar-refractivity contribution in [3.05, 3.63) is 59.4 Å². The summed E-state index contributed by atoms with van der Waals surface area (Å²) in [6.45, 7) is 3.91. The van der Waals surface area contributed by atoms with Crippen LogP contribution in [0.4, 0.5) is 11.5 Å². The Kier molecular flexibility index (Phi) is 3.20. The largest absolute Gasteiger partial charge is 0.283 e. The van der Waals surface area contributed by atoms with Gasteiger partial charge in [0.1, 0.15) is 17.4 Å². The highest BCUT2D eigenvalue weighted by molar-refractivity contribution is 5.57. The summed E-state index contributed by atoms with van der Waals surface area (Å²) in [7, 11) is 0. The molecule has 21 heavy (non-hydrogen) atoms. The molecule has 102 valence electrons. The molecule has 0 N–H and O–H groups in total. The molecule has 5 nitrogen and oxygen atoms in total. The predicted molar refractivity (Wildman–Crippen MR) is 80.0 cm³/mol. The molecule has 0 aliphatic carbocycles. The Morgan fingerprint density at radius 3 is 2.71 bits per heavy atom. The van der Waals surface area contributed by atoms with Gasteiger partial charge in [-0.1, -0.05) is 18.2 Å². The van der Waals surface area contributed by atoms with Gasteiger partial charge in [-0.15, -0.1) is 10.2 Å². The molecule has 0 saturated heterocycles. The van der Waals surface area contributed by atoms with Crippen molar-refractivity contribution in [2.24, 2.45) is 10.2 Å². The van der Waals surface area contributed by atoms with Crippen molar-refractivity contribution >= 4 is 17.2 Å². The molecule has 1 aromatic carbocycles.